The van der Waals surface area contributed by atoms with Crippen molar-refractivity contribution in [1.82, 2.24) is 5.32 Å². The molecule has 1 N–H and O–H groups in total. The van der Waals surface area contributed by atoms with Gasteiger partial charge in [0.1, 0.15) is 6.10 Å². The van der Waals surface area contributed by atoms with Crippen molar-refractivity contribution in [3.8, 4) is 0 Å². The number of amides is 1. The van der Waals surface area contributed by atoms with E-state index in [1.807, 2.05) is 27.7 Å². The third kappa shape index (κ3) is 4.52. The van der Waals surface area contributed by atoms with Gasteiger partial charge in [-0.3, -0.25) is 4.79 Å². The van der Waals surface area contributed by atoms with Crippen LogP contribution in [-0.2, 0) is 9.53 Å². The van der Waals surface area contributed by atoms with Crippen LogP contribution >= 0.6 is 0 Å². The minimum Gasteiger partial charge on any atom is -0.369 e. The molecular weight excluding hydrogens is 202 g/mol. The van der Waals surface area contributed by atoms with Gasteiger partial charge in [-0.2, -0.15) is 0 Å². The van der Waals surface area contributed by atoms with E-state index < -0.39 is 0 Å². The average molecular weight is 227 g/mol. The predicted octanol–water partition coefficient (Wildman–Crippen LogP) is 2.35. The lowest BCUT2D eigenvalue weighted by atomic mass is 10.1. The van der Waals surface area contributed by atoms with Crippen LogP contribution in [0.2, 0.25) is 0 Å². The Labute approximate surface area is 98.9 Å². The van der Waals surface area contributed by atoms with E-state index in [2.05, 4.69) is 12.2 Å². The van der Waals surface area contributed by atoms with Crippen molar-refractivity contribution in [3.05, 3.63) is 0 Å². The molecule has 0 bridgehead atoms. The molecule has 1 aliphatic rings. The van der Waals surface area contributed by atoms with Crippen molar-refractivity contribution >= 4 is 5.91 Å². The molecule has 1 saturated carbocycles. The predicted molar refractivity (Wildman–Crippen MR) is 65.2 cm³/mol. The number of ether oxygens (including phenoxy) is 1. The molecule has 0 saturated heterocycles. The smallest absolute Gasteiger partial charge is 0.249 e. The maximum Gasteiger partial charge on any atom is 0.249 e. The molecule has 1 amide bonds. The minimum atomic E-state index is -0.265. The van der Waals surface area contributed by atoms with Crippen molar-refractivity contribution in [3.63, 3.8) is 0 Å². The second kappa shape index (κ2) is 5.17. The monoisotopic (exact) mass is 227 g/mol. The number of hydrogen-bond donors (Lipinski definition) is 1. The molecule has 0 aromatic carbocycles. The molecule has 3 atom stereocenters. The van der Waals surface area contributed by atoms with Gasteiger partial charge in [0, 0.05) is 12.1 Å². The third-order valence-electron chi connectivity index (χ3n) is 2.95. The Hall–Kier alpha value is -0.570. The second-order valence-corrected chi connectivity index (χ2v) is 5.89. The van der Waals surface area contributed by atoms with Crippen molar-refractivity contribution in [1.29, 1.82) is 0 Å². The zero-order chi connectivity index (χ0) is 12.3. The standard InChI is InChI=1S/C13H25NO2/c1-6-16-11(8-10-7-9(10)2)12(15)14-13(3,4)5/h9-11H,6-8H2,1-5H3,(H,14,15). The lowest BCUT2D eigenvalue weighted by molar-refractivity contribution is -0.134. The summed E-state index contributed by atoms with van der Waals surface area (Å²) in [6.45, 7) is 10.8. The molecule has 1 rings (SSSR count). The quantitative estimate of drug-likeness (QED) is 0.783. The van der Waals surface area contributed by atoms with Crippen molar-refractivity contribution in [2.24, 2.45) is 11.8 Å². The summed E-state index contributed by atoms with van der Waals surface area (Å²) in [5.74, 6) is 1.49. The average Bonchev–Trinajstić information content (AvgIpc) is 2.78. The van der Waals surface area contributed by atoms with Crippen molar-refractivity contribution in [2.75, 3.05) is 6.61 Å². The molecule has 16 heavy (non-hydrogen) atoms. The SMILES string of the molecule is CCOC(CC1CC1C)C(=O)NC(C)(C)C. The Morgan fingerprint density at radius 1 is 1.50 bits per heavy atom. The summed E-state index contributed by atoms with van der Waals surface area (Å²) in [6.07, 6.45) is 1.85. The van der Waals surface area contributed by atoms with Crippen LogP contribution in [0.15, 0.2) is 0 Å². The lowest BCUT2D eigenvalue weighted by Crippen LogP contribution is -2.46. The maximum atomic E-state index is 12.0. The summed E-state index contributed by atoms with van der Waals surface area (Å²) in [5.41, 5.74) is -0.179. The molecule has 1 fully saturated rings. The van der Waals surface area contributed by atoms with Crippen LogP contribution < -0.4 is 5.32 Å². The molecule has 0 radical (unpaired) electrons. The first-order valence-corrected chi connectivity index (χ1v) is 6.27. The van der Waals surface area contributed by atoms with E-state index in [-0.39, 0.29) is 17.6 Å². The van der Waals surface area contributed by atoms with E-state index in [0.29, 0.717) is 12.5 Å². The van der Waals surface area contributed by atoms with Crippen LogP contribution in [0.5, 0.6) is 0 Å². The largest absolute Gasteiger partial charge is 0.369 e. The first-order valence-electron chi connectivity index (χ1n) is 6.27. The van der Waals surface area contributed by atoms with Crippen molar-refractivity contribution in [2.45, 2.75) is 59.1 Å². The molecule has 3 nitrogen and oxygen atoms in total. The Balaban J connectivity index is 2.45. The fraction of sp³-hybridized carbons (Fsp3) is 0.923. The molecule has 94 valence electrons. The second-order valence-electron chi connectivity index (χ2n) is 5.89. The summed E-state index contributed by atoms with van der Waals surface area (Å²) in [6, 6.07) is 0. The fourth-order valence-electron chi connectivity index (χ4n) is 1.90. The summed E-state index contributed by atoms with van der Waals surface area (Å²) < 4.78 is 5.54. The Kier molecular flexibility index (Phi) is 4.36. The van der Waals surface area contributed by atoms with Crippen LogP contribution in [0.25, 0.3) is 0 Å². The minimum absolute atomic E-state index is 0.0356. The van der Waals surface area contributed by atoms with Crippen LogP contribution in [-0.4, -0.2) is 24.2 Å². The first kappa shape index (κ1) is 13.5. The molecule has 3 heteroatoms. The lowest BCUT2D eigenvalue weighted by Gasteiger charge is -2.24. The van der Waals surface area contributed by atoms with E-state index >= 15 is 0 Å². The zero-order valence-corrected chi connectivity index (χ0v) is 11.2. The van der Waals surface area contributed by atoms with Gasteiger partial charge in [0.15, 0.2) is 0 Å². The normalized spacial score (nSPS) is 26.3. The van der Waals surface area contributed by atoms with Crippen LogP contribution in [0, 0.1) is 11.8 Å². The Bertz CT molecular complexity index is 245. The van der Waals surface area contributed by atoms with Crippen LogP contribution in [0.4, 0.5) is 0 Å². The molecule has 3 unspecified atom stereocenters. The van der Waals surface area contributed by atoms with Gasteiger partial charge in [-0.25, -0.2) is 0 Å². The van der Waals surface area contributed by atoms with Gasteiger partial charge in [0.05, 0.1) is 0 Å². The van der Waals surface area contributed by atoms with Gasteiger partial charge < -0.3 is 10.1 Å². The maximum absolute atomic E-state index is 12.0. The van der Waals surface area contributed by atoms with Crippen molar-refractivity contribution < 1.29 is 9.53 Å². The molecule has 0 heterocycles. The summed E-state index contributed by atoms with van der Waals surface area (Å²) in [7, 11) is 0. The highest BCUT2D eigenvalue weighted by atomic mass is 16.5. The van der Waals surface area contributed by atoms with Crippen LogP contribution in [0.1, 0.15) is 47.5 Å². The van der Waals surface area contributed by atoms with Gasteiger partial charge >= 0.3 is 0 Å². The summed E-state index contributed by atoms with van der Waals surface area (Å²) >= 11 is 0. The van der Waals surface area contributed by atoms with Gasteiger partial charge in [-0.15, -0.1) is 0 Å². The number of hydrogen-bond acceptors (Lipinski definition) is 2. The Morgan fingerprint density at radius 2 is 2.06 bits per heavy atom. The molecule has 0 aromatic heterocycles. The number of carbonyl (C=O) groups is 1. The molecular formula is C13H25NO2. The van der Waals surface area contributed by atoms with E-state index in [1.165, 1.54) is 6.42 Å². The molecule has 0 aromatic rings. The summed E-state index contributed by atoms with van der Waals surface area (Å²) in [4.78, 5) is 12.0. The third-order valence-corrected chi connectivity index (χ3v) is 2.95. The van der Waals surface area contributed by atoms with Crippen LogP contribution in [0.3, 0.4) is 0 Å². The van der Waals surface area contributed by atoms with E-state index in [0.717, 1.165) is 12.3 Å². The molecule has 0 aliphatic heterocycles. The highest BCUT2D eigenvalue weighted by molar-refractivity contribution is 5.81. The van der Waals surface area contributed by atoms with Gasteiger partial charge in [-0.05, 0) is 52.4 Å². The van der Waals surface area contributed by atoms with E-state index in [9.17, 15) is 4.79 Å². The number of carbonyl (C=O) groups excluding carboxylic acids is 1. The van der Waals surface area contributed by atoms with E-state index in [1.54, 1.807) is 0 Å². The summed E-state index contributed by atoms with van der Waals surface area (Å²) in [5, 5.41) is 2.99. The zero-order valence-electron chi connectivity index (χ0n) is 11.2. The van der Waals surface area contributed by atoms with Gasteiger partial charge in [0.25, 0.3) is 0 Å². The number of nitrogens with one attached hydrogen (secondary N) is 1. The van der Waals surface area contributed by atoms with Gasteiger partial charge in [0.2, 0.25) is 5.91 Å². The topological polar surface area (TPSA) is 38.3 Å². The Morgan fingerprint density at radius 3 is 2.44 bits per heavy atom. The van der Waals surface area contributed by atoms with E-state index in [4.69, 9.17) is 4.74 Å². The highest BCUT2D eigenvalue weighted by Gasteiger charge is 2.37. The fourth-order valence-corrected chi connectivity index (χ4v) is 1.90. The van der Waals surface area contributed by atoms with Gasteiger partial charge in [-0.1, -0.05) is 6.92 Å². The highest BCUT2D eigenvalue weighted by Crippen LogP contribution is 2.41. The molecule has 1 aliphatic carbocycles. The molecule has 0 spiro atoms. The number of rotatable bonds is 5. The first-order chi connectivity index (χ1) is 7.33.